The number of phenolic OH excluding ortho intramolecular Hbond substituents is 1. The van der Waals surface area contributed by atoms with Gasteiger partial charge in [0.15, 0.2) is 11.6 Å². The molecular weight excluding hydrogens is 333 g/mol. The molecule has 2 aromatic heterocycles. The fourth-order valence-corrected chi connectivity index (χ4v) is 3.50. The first-order valence-corrected chi connectivity index (χ1v) is 8.11. The summed E-state index contributed by atoms with van der Waals surface area (Å²) >= 11 is 0. The molecule has 2 aromatic carbocycles. The molecule has 4 N–H and O–H groups in total. The number of anilines is 2. The minimum Gasteiger partial charge on any atom is -0.505 e. The highest BCUT2D eigenvalue weighted by Crippen LogP contribution is 2.41. The number of halogens is 1. The number of hydrogen-bond acceptors (Lipinski definition) is 5. The zero-order chi connectivity index (χ0) is 17.8. The number of nitrogens with two attached hydrogens (primary N) is 1. The Morgan fingerprint density at radius 3 is 2.85 bits per heavy atom. The Bertz CT molecular complexity index is 1170. The maximum Gasteiger partial charge on any atom is 0.238 e. The lowest BCUT2D eigenvalue weighted by Gasteiger charge is -2.19. The van der Waals surface area contributed by atoms with E-state index in [2.05, 4.69) is 15.4 Å². The Morgan fingerprint density at radius 1 is 1.15 bits per heavy atom. The van der Waals surface area contributed by atoms with Crippen LogP contribution in [-0.2, 0) is 0 Å². The van der Waals surface area contributed by atoms with Gasteiger partial charge in [-0.05, 0) is 29.8 Å². The van der Waals surface area contributed by atoms with E-state index in [-0.39, 0.29) is 17.7 Å². The zero-order valence-electron chi connectivity index (χ0n) is 13.5. The van der Waals surface area contributed by atoms with Crippen molar-refractivity contribution >= 4 is 17.2 Å². The van der Waals surface area contributed by atoms with Crippen molar-refractivity contribution in [1.29, 1.82) is 0 Å². The standard InChI is InChI=1S/C19H14FN5O/c20-13-9-10(5-6-15(13)26)16-12-7-8-25-18(12)17(23-19(21)24-25)11-3-1-2-4-14(11)22-16/h1-9,16,22,26H,(H2,21,24). The third kappa shape index (κ3) is 2.03. The Morgan fingerprint density at radius 2 is 2.00 bits per heavy atom. The lowest BCUT2D eigenvalue weighted by molar-refractivity contribution is 0.431. The van der Waals surface area contributed by atoms with Crippen molar-refractivity contribution < 1.29 is 9.50 Å². The molecule has 0 spiro atoms. The molecule has 6 nitrogen and oxygen atoms in total. The van der Waals surface area contributed by atoms with Gasteiger partial charge in [-0.3, -0.25) is 0 Å². The monoisotopic (exact) mass is 347 g/mol. The molecule has 1 atom stereocenters. The first-order chi connectivity index (χ1) is 12.6. The number of nitrogen functional groups attached to an aromatic ring is 1. The first kappa shape index (κ1) is 14.7. The lowest BCUT2D eigenvalue weighted by atomic mass is 9.99. The third-order valence-electron chi connectivity index (χ3n) is 4.66. The Hall–Kier alpha value is -3.61. The van der Waals surface area contributed by atoms with Gasteiger partial charge in [0.2, 0.25) is 5.95 Å². The molecule has 0 radical (unpaired) electrons. The van der Waals surface area contributed by atoms with E-state index in [0.29, 0.717) is 5.56 Å². The highest BCUT2D eigenvalue weighted by molar-refractivity contribution is 5.90. The molecule has 3 heterocycles. The van der Waals surface area contributed by atoms with Crippen LogP contribution in [0.5, 0.6) is 5.75 Å². The quantitative estimate of drug-likeness (QED) is 0.491. The average molecular weight is 347 g/mol. The maximum absolute atomic E-state index is 14.0. The van der Waals surface area contributed by atoms with Crippen molar-refractivity contribution in [1.82, 2.24) is 14.6 Å². The van der Waals surface area contributed by atoms with Crippen molar-refractivity contribution in [2.45, 2.75) is 6.04 Å². The summed E-state index contributed by atoms with van der Waals surface area (Å²) in [7, 11) is 0. The van der Waals surface area contributed by atoms with Gasteiger partial charge in [-0.1, -0.05) is 24.3 Å². The van der Waals surface area contributed by atoms with Crippen LogP contribution in [0, 0.1) is 5.82 Å². The Kier molecular flexibility index (Phi) is 2.94. The van der Waals surface area contributed by atoms with Gasteiger partial charge in [-0.2, -0.15) is 0 Å². The van der Waals surface area contributed by atoms with E-state index in [1.165, 1.54) is 12.1 Å². The summed E-state index contributed by atoms with van der Waals surface area (Å²) in [5, 5.41) is 17.2. The van der Waals surface area contributed by atoms with E-state index in [9.17, 15) is 9.50 Å². The van der Waals surface area contributed by atoms with Crippen LogP contribution in [0.15, 0.2) is 54.7 Å². The molecule has 1 aliphatic rings. The van der Waals surface area contributed by atoms with Crippen LogP contribution in [0.2, 0.25) is 0 Å². The Balaban J connectivity index is 1.84. The lowest BCUT2D eigenvalue weighted by Crippen LogP contribution is -2.11. The maximum atomic E-state index is 14.0. The molecular formula is C19H14FN5O. The second-order valence-electron chi connectivity index (χ2n) is 6.22. The van der Waals surface area contributed by atoms with Gasteiger partial charge >= 0.3 is 0 Å². The van der Waals surface area contributed by atoms with Crippen LogP contribution >= 0.6 is 0 Å². The molecule has 1 aliphatic heterocycles. The van der Waals surface area contributed by atoms with Crippen LogP contribution in [0.4, 0.5) is 16.0 Å². The van der Waals surface area contributed by atoms with Gasteiger partial charge in [0.25, 0.3) is 0 Å². The summed E-state index contributed by atoms with van der Waals surface area (Å²) in [5.41, 5.74) is 10.8. The van der Waals surface area contributed by atoms with E-state index in [1.807, 2.05) is 36.5 Å². The zero-order valence-corrected chi connectivity index (χ0v) is 13.5. The van der Waals surface area contributed by atoms with Gasteiger partial charge in [0, 0.05) is 23.0 Å². The van der Waals surface area contributed by atoms with Crippen LogP contribution in [0.3, 0.4) is 0 Å². The van der Waals surface area contributed by atoms with Crippen molar-refractivity contribution in [3.8, 4) is 17.0 Å². The summed E-state index contributed by atoms with van der Waals surface area (Å²) in [4.78, 5) is 4.46. The molecule has 4 aromatic rings. The van der Waals surface area contributed by atoms with Gasteiger partial charge in [-0.15, -0.1) is 5.10 Å². The van der Waals surface area contributed by atoms with Crippen LogP contribution in [-0.4, -0.2) is 19.7 Å². The third-order valence-corrected chi connectivity index (χ3v) is 4.66. The molecule has 26 heavy (non-hydrogen) atoms. The number of para-hydroxylation sites is 1. The van der Waals surface area contributed by atoms with E-state index < -0.39 is 5.82 Å². The van der Waals surface area contributed by atoms with Gasteiger partial charge in [-0.25, -0.2) is 13.9 Å². The summed E-state index contributed by atoms with van der Waals surface area (Å²) in [5.74, 6) is -0.856. The molecule has 0 aliphatic carbocycles. The summed E-state index contributed by atoms with van der Waals surface area (Å²) in [6.45, 7) is 0. The number of phenols is 1. The number of aromatic hydroxyl groups is 1. The normalized spacial score (nSPS) is 15.3. The number of rotatable bonds is 1. The van der Waals surface area contributed by atoms with E-state index in [0.717, 1.165) is 28.0 Å². The minimum atomic E-state index is -0.661. The predicted molar refractivity (Wildman–Crippen MR) is 96.4 cm³/mol. The number of aromatic nitrogens is 3. The van der Waals surface area contributed by atoms with Crippen LogP contribution in [0.25, 0.3) is 16.8 Å². The molecule has 0 bridgehead atoms. The number of fused-ring (bicyclic) bond motifs is 2. The molecule has 0 saturated carbocycles. The average Bonchev–Trinajstić information content (AvgIpc) is 2.99. The SMILES string of the molecule is Nc1nc2c3c(ccn3n1)C(c1ccc(O)c(F)c1)Nc1ccccc1-2. The largest absolute Gasteiger partial charge is 0.505 e. The second kappa shape index (κ2) is 5.19. The number of hydrogen-bond donors (Lipinski definition) is 3. The highest BCUT2D eigenvalue weighted by Gasteiger charge is 2.27. The van der Waals surface area contributed by atoms with Gasteiger partial charge in [0.05, 0.1) is 11.6 Å². The summed E-state index contributed by atoms with van der Waals surface area (Å²) in [6, 6.07) is 13.7. The number of nitrogens with zero attached hydrogens (tertiary/aromatic N) is 3. The Labute approximate surface area is 147 Å². The predicted octanol–water partition coefficient (Wildman–Crippen LogP) is 3.34. The number of nitrogens with one attached hydrogen (secondary N) is 1. The molecule has 0 fully saturated rings. The van der Waals surface area contributed by atoms with E-state index in [4.69, 9.17) is 5.73 Å². The molecule has 1 unspecified atom stereocenters. The molecule has 0 amide bonds. The van der Waals surface area contributed by atoms with Crippen molar-refractivity contribution in [3.63, 3.8) is 0 Å². The highest BCUT2D eigenvalue weighted by atomic mass is 19.1. The summed E-state index contributed by atoms with van der Waals surface area (Å²) < 4.78 is 15.7. The van der Waals surface area contributed by atoms with Crippen molar-refractivity contribution in [3.05, 3.63) is 71.7 Å². The second-order valence-corrected chi connectivity index (χ2v) is 6.22. The smallest absolute Gasteiger partial charge is 0.238 e. The van der Waals surface area contributed by atoms with Gasteiger partial charge in [0.1, 0.15) is 5.69 Å². The van der Waals surface area contributed by atoms with Crippen molar-refractivity contribution in [2.24, 2.45) is 0 Å². The first-order valence-electron chi connectivity index (χ1n) is 8.11. The molecule has 5 rings (SSSR count). The molecule has 128 valence electrons. The van der Waals surface area contributed by atoms with Gasteiger partial charge < -0.3 is 16.2 Å². The fourth-order valence-electron chi connectivity index (χ4n) is 3.50. The molecule has 7 heteroatoms. The summed E-state index contributed by atoms with van der Waals surface area (Å²) in [6.07, 6.45) is 1.81. The minimum absolute atomic E-state index is 0.179. The topological polar surface area (TPSA) is 88.5 Å². The van der Waals surface area contributed by atoms with Crippen molar-refractivity contribution in [2.75, 3.05) is 11.1 Å². The van der Waals surface area contributed by atoms with Crippen LogP contribution < -0.4 is 11.1 Å². The molecule has 0 saturated heterocycles. The van der Waals surface area contributed by atoms with E-state index in [1.54, 1.807) is 10.6 Å². The van der Waals surface area contributed by atoms with E-state index >= 15 is 0 Å². The number of benzene rings is 2. The fraction of sp³-hybridized carbons (Fsp3) is 0.0526. The van der Waals surface area contributed by atoms with Crippen LogP contribution in [0.1, 0.15) is 17.2 Å².